The lowest BCUT2D eigenvalue weighted by Crippen LogP contribution is -2.10. The number of fused-ring (bicyclic) bond motifs is 1. The third-order valence-electron chi connectivity index (χ3n) is 3.10. The summed E-state index contributed by atoms with van der Waals surface area (Å²) in [5.41, 5.74) is 2.71. The van der Waals surface area contributed by atoms with E-state index < -0.39 is 0 Å². The van der Waals surface area contributed by atoms with Crippen molar-refractivity contribution in [2.45, 2.75) is 13.3 Å². The summed E-state index contributed by atoms with van der Waals surface area (Å²) in [6.07, 6.45) is 0.454. The molecular formula is C16H13BrN2OS. The van der Waals surface area contributed by atoms with Crippen LogP contribution in [0.2, 0.25) is 0 Å². The van der Waals surface area contributed by atoms with Crippen molar-refractivity contribution in [1.82, 2.24) is 4.98 Å². The van der Waals surface area contributed by atoms with Gasteiger partial charge in [-0.25, -0.2) is 4.98 Å². The zero-order valence-corrected chi connectivity index (χ0v) is 13.8. The molecular weight excluding hydrogens is 348 g/mol. The summed E-state index contributed by atoms with van der Waals surface area (Å²) in [6.45, 7) is 1.84. The van der Waals surface area contributed by atoms with Crippen molar-refractivity contribution < 1.29 is 4.79 Å². The molecule has 0 unspecified atom stereocenters. The average molecular weight is 361 g/mol. The third kappa shape index (κ3) is 2.99. The fourth-order valence-corrected chi connectivity index (χ4v) is 3.39. The van der Waals surface area contributed by atoms with Gasteiger partial charge in [0.05, 0.1) is 15.9 Å². The van der Waals surface area contributed by atoms with E-state index in [1.165, 1.54) is 0 Å². The van der Waals surface area contributed by atoms with Crippen LogP contribution in [0.25, 0.3) is 20.8 Å². The fourth-order valence-electron chi connectivity index (χ4n) is 2.03. The van der Waals surface area contributed by atoms with Gasteiger partial charge < -0.3 is 5.32 Å². The minimum atomic E-state index is -0.000293. The average Bonchev–Trinajstić information content (AvgIpc) is 2.92. The van der Waals surface area contributed by atoms with Crippen LogP contribution in [0.4, 0.5) is 5.69 Å². The highest BCUT2D eigenvalue weighted by atomic mass is 79.9. The second-order valence-corrected chi connectivity index (χ2v) is 6.52. The number of nitrogens with one attached hydrogen (secondary N) is 1. The maximum atomic E-state index is 11.7. The monoisotopic (exact) mass is 360 g/mol. The Hall–Kier alpha value is -1.72. The smallest absolute Gasteiger partial charge is 0.224 e. The molecule has 1 N–H and O–H groups in total. The van der Waals surface area contributed by atoms with Gasteiger partial charge in [-0.3, -0.25) is 4.79 Å². The zero-order chi connectivity index (χ0) is 14.8. The first kappa shape index (κ1) is 14.2. The van der Waals surface area contributed by atoms with Gasteiger partial charge in [0, 0.05) is 16.5 Å². The van der Waals surface area contributed by atoms with E-state index in [-0.39, 0.29) is 5.91 Å². The van der Waals surface area contributed by atoms with Gasteiger partial charge in [0.1, 0.15) is 5.01 Å². The standard InChI is InChI=1S/C16H13BrN2OS/c1-2-15(20)18-12-8-7-10(17)9-11(12)16-19-13-5-3-4-6-14(13)21-16/h3-9H,2H2,1H3,(H,18,20). The predicted molar refractivity (Wildman–Crippen MR) is 91.7 cm³/mol. The second-order valence-electron chi connectivity index (χ2n) is 4.58. The number of carbonyl (C=O) groups excluding carboxylic acids is 1. The van der Waals surface area contributed by atoms with Crippen LogP contribution in [0.3, 0.4) is 0 Å². The Morgan fingerprint density at radius 3 is 2.86 bits per heavy atom. The molecule has 0 aliphatic carbocycles. The number of anilines is 1. The van der Waals surface area contributed by atoms with Crippen LogP contribution in [0.5, 0.6) is 0 Å². The number of para-hydroxylation sites is 1. The second kappa shape index (κ2) is 5.95. The van der Waals surface area contributed by atoms with Gasteiger partial charge in [0.25, 0.3) is 0 Å². The molecule has 2 aromatic carbocycles. The number of benzene rings is 2. The van der Waals surface area contributed by atoms with E-state index in [2.05, 4.69) is 32.3 Å². The summed E-state index contributed by atoms with van der Waals surface area (Å²) >= 11 is 5.11. The Bertz CT molecular complexity index is 780. The summed E-state index contributed by atoms with van der Waals surface area (Å²) in [4.78, 5) is 16.3. The van der Waals surface area contributed by atoms with Crippen LogP contribution in [0.15, 0.2) is 46.9 Å². The summed E-state index contributed by atoms with van der Waals surface area (Å²) < 4.78 is 2.10. The molecule has 0 saturated heterocycles. The SMILES string of the molecule is CCC(=O)Nc1ccc(Br)cc1-c1nc2ccccc2s1. The minimum absolute atomic E-state index is 0.000293. The van der Waals surface area contributed by atoms with Crippen LogP contribution in [-0.4, -0.2) is 10.9 Å². The van der Waals surface area contributed by atoms with E-state index in [1.54, 1.807) is 11.3 Å². The molecule has 1 amide bonds. The molecule has 0 bridgehead atoms. The largest absolute Gasteiger partial charge is 0.325 e. The van der Waals surface area contributed by atoms with E-state index in [4.69, 9.17) is 0 Å². The van der Waals surface area contributed by atoms with Crippen LogP contribution >= 0.6 is 27.3 Å². The molecule has 1 heterocycles. The van der Waals surface area contributed by atoms with Crippen LogP contribution < -0.4 is 5.32 Å². The Morgan fingerprint density at radius 2 is 2.10 bits per heavy atom. The Labute approximate surface area is 135 Å². The van der Waals surface area contributed by atoms with E-state index in [1.807, 2.05) is 43.3 Å². The molecule has 0 fully saturated rings. The van der Waals surface area contributed by atoms with Crippen molar-refractivity contribution >= 4 is 49.1 Å². The molecule has 0 saturated carbocycles. The topological polar surface area (TPSA) is 42.0 Å². The molecule has 106 valence electrons. The lowest BCUT2D eigenvalue weighted by molar-refractivity contribution is -0.115. The van der Waals surface area contributed by atoms with E-state index in [0.29, 0.717) is 6.42 Å². The number of thiazole rings is 1. The quantitative estimate of drug-likeness (QED) is 0.707. The number of halogens is 1. The number of aromatic nitrogens is 1. The van der Waals surface area contributed by atoms with Crippen molar-refractivity contribution in [3.8, 4) is 10.6 Å². The summed E-state index contributed by atoms with van der Waals surface area (Å²) in [6, 6.07) is 13.8. The molecule has 0 radical (unpaired) electrons. The molecule has 3 aromatic rings. The molecule has 21 heavy (non-hydrogen) atoms. The number of amides is 1. The highest BCUT2D eigenvalue weighted by molar-refractivity contribution is 9.10. The van der Waals surface area contributed by atoms with Crippen LogP contribution in [0.1, 0.15) is 13.3 Å². The molecule has 5 heteroatoms. The van der Waals surface area contributed by atoms with Crippen molar-refractivity contribution in [3.05, 3.63) is 46.9 Å². The van der Waals surface area contributed by atoms with Crippen molar-refractivity contribution in [3.63, 3.8) is 0 Å². The Balaban J connectivity index is 2.11. The van der Waals surface area contributed by atoms with E-state index >= 15 is 0 Å². The molecule has 0 aliphatic heterocycles. The number of hydrogen-bond acceptors (Lipinski definition) is 3. The maximum absolute atomic E-state index is 11.7. The summed E-state index contributed by atoms with van der Waals surface area (Å²) in [5.74, 6) is -0.000293. The molecule has 0 spiro atoms. The zero-order valence-electron chi connectivity index (χ0n) is 11.4. The highest BCUT2D eigenvalue weighted by Crippen LogP contribution is 2.36. The summed E-state index contributed by atoms with van der Waals surface area (Å²) in [7, 11) is 0. The van der Waals surface area contributed by atoms with Gasteiger partial charge in [-0.1, -0.05) is 35.0 Å². The molecule has 0 atom stereocenters. The van der Waals surface area contributed by atoms with Crippen molar-refractivity contribution in [2.24, 2.45) is 0 Å². The van der Waals surface area contributed by atoms with Crippen LogP contribution in [0, 0.1) is 0 Å². The third-order valence-corrected chi connectivity index (χ3v) is 4.66. The first-order valence-electron chi connectivity index (χ1n) is 6.62. The van der Waals surface area contributed by atoms with Gasteiger partial charge in [-0.05, 0) is 30.3 Å². The maximum Gasteiger partial charge on any atom is 0.224 e. The number of rotatable bonds is 3. The van der Waals surface area contributed by atoms with Gasteiger partial charge >= 0.3 is 0 Å². The molecule has 0 aliphatic rings. The molecule has 3 rings (SSSR count). The van der Waals surface area contributed by atoms with Crippen LogP contribution in [-0.2, 0) is 4.79 Å². The summed E-state index contributed by atoms with van der Waals surface area (Å²) in [5, 5.41) is 3.84. The normalized spacial score (nSPS) is 10.8. The van der Waals surface area contributed by atoms with Crippen molar-refractivity contribution in [2.75, 3.05) is 5.32 Å². The lowest BCUT2D eigenvalue weighted by atomic mass is 10.2. The molecule has 1 aromatic heterocycles. The highest BCUT2D eigenvalue weighted by Gasteiger charge is 2.12. The first-order chi connectivity index (χ1) is 10.2. The Kier molecular flexibility index (Phi) is 4.03. The number of carbonyl (C=O) groups is 1. The molecule has 3 nitrogen and oxygen atoms in total. The minimum Gasteiger partial charge on any atom is -0.325 e. The van der Waals surface area contributed by atoms with E-state index in [0.717, 1.165) is 30.9 Å². The van der Waals surface area contributed by atoms with Gasteiger partial charge in [-0.2, -0.15) is 0 Å². The predicted octanol–water partition coefficient (Wildman–Crippen LogP) is 5.07. The van der Waals surface area contributed by atoms with Gasteiger partial charge in [0.15, 0.2) is 0 Å². The fraction of sp³-hybridized carbons (Fsp3) is 0.125. The number of nitrogens with zero attached hydrogens (tertiary/aromatic N) is 1. The van der Waals surface area contributed by atoms with Gasteiger partial charge in [0.2, 0.25) is 5.91 Å². The number of hydrogen-bond donors (Lipinski definition) is 1. The van der Waals surface area contributed by atoms with Crippen molar-refractivity contribution in [1.29, 1.82) is 0 Å². The lowest BCUT2D eigenvalue weighted by Gasteiger charge is -2.09. The van der Waals surface area contributed by atoms with Gasteiger partial charge in [-0.15, -0.1) is 11.3 Å². The Morgan fingerprint density at radius 1 is 1.29 bits per heavy atom. The van der Waals surface area contributed by atoms with E-state index in [9.17, 15) is 4.79 Å². The first-order valence-corrected chi connectivity index (χ1v) is 8.23.